The van der Waals surface area contributed by atoms with Crippen molar-refractivity contribution < 1.29 is 0 Å². The van der Waals surface area contributed by atoms with Gasteiger partial charge in [-0.25, -0.2) is 4.68 Å². The Hall–Kier alpha value is -1.91. The van der Waals surface area contributed by atoms with Crippen LogP contribution in [0.2, 0.25) is 5.02 Å². The topological polar surface area (TPSA) is 34.9 Å². The molecule has 0 saturated heterocycles. The maximum Gasteiger partial charge on any atom is 0.267 e. The highest BCUT2D eigenvalue weighted by molar-refractivity contribution is 7.13. The first-order valence-corrected chi connectivity index (χ1v) is 7.35. The van der Waals surface area contributed by atoms with E-state index in [1.165, 1.54) is 4.68 Å². The molecule has 0 N–H and O–H groups in total. The van der Waals surface area contributed by atoms with Crippen molar-refractivity contribution in [1.29, 1.82) is 0 Å². The molecule has 0 bridgehead atoms. The third-order valence-corrected chi connectivity index (χ3v) is 4.18. The van der Waals surface area contributed by atoms with Crippen LogP contribution in [0.3, 0.4) is 0 Å². The molecule has 0 amide bonds. The molecule has 0 atom stereocenters. The maximum absolute atomic E-state index is 11.9. The molecule has 0 spiro atoms. The van der Waals surface area contributed by atoms with Crippen LogP contribution in [0, 0.1) is 0 Å². The molecule has 100 valence electrons. The van der Waals surface area contributed by atoms with E-state index in [0.717, 1.165) is 16.1 Å². The van der Waals surface area contributed by atoms with E-state index in [0.29, 0.717) is 11.6 Å². The molecular weight excluding hydrogens is 292 g/mol. The number of halogens is 1. The number of benzene rings is 1. The predicted octanol–water partition coefficient (Wildman–Crippen LogP) is 3.67. The van der Waals surface area contributed by atoms with Gasteiger partial charge in [-0.15, -0.1) is 11.3 Å². The number of nitrogens with zero attached hydrogens (tertiary/aromatic N) is 2. The second kappa shape index (κ2) is 5.61. The molecule has 5 heteroatoms. The Morgan fingerprint density at radius 3 is 2.70 bits per heavy atom. The number of aromatic nitrogens is 2. The summed E-state index contributed by atoms with van der Waals surface area (Å²) in [5.41, 5.74) is 1.55. The van der Waals surface area contributed by atoms with Gasteiger partial charge in [0.2, 0.25) is 0 Å². The molecule has 3 nitrogen and oxygen atoms in total. The fourth-order valence-corrected chi connectivity index (χ4v) is 2.79. The van der Waals surface area contributed by atoms with Crippen molar-refractivity contribution in [2.75, 3.05) is 0 Å². The highest BCUT2D eigenvalue weighted by Gasteiger charge is 2.06. The van der Waals surface area contributed by atoms with Crippen LogP contribution in [-0.4, -0.2) is 9.78 Å². The van der Waals surface area contributed by atoms with Gasteiger partial charge in [0.1, 0.15) is 5.69 Å². The molecule has 0 aliphatic rings. The SMILES string of the molecule is O=c1ccc(-c2cccs2)nn1Cc1ccccc1Cl. The molecule has 2 heterocycles. The Bertz CT molecular complexity index is 781. The van der Waals surface area contributed by atoms with Crippen LogP contribution < -0.4 is 5.56 Å². The van der Waals surface area contributed by atoms with E-state index < -0.39 is 0 Å². The quantitative estimate of drug-likeness (QED) is 0.740. The lowest BCUT2D eigenvalue weighted by atomic mass is 10.2. The van der Waals surface area contributed by atoms with Crippen molar-refractivity contribution in [2.24, 2.45) is 0 Å². The van der Waals surface area contributed by atoms with E-state index in [-0.39, 0.29) is 5.56 Å². The summed E-state index contributed by atoms with van der Waals surface area (Å²) in [5, 5.41) is 7.04. The van der Waals surface area contributed by atoms with Crippen LogP contribution in [0.5, 0.6) is 0 Å². The van der Waals surface area contributed by atoms with Gasteiger partial charge in [-0.05, 0) is 29.1 Å². The summed E-state index contributed by atoms with van der Waals surface area (Å²) in [4.78, 5) is 13.0. The zero-order valence-corrected chi connectivity index (χ0v) is 12.1. The summed E-state index contributed by atoms with van der Waals surface area (Å²) in [6.45, 7) is 0.373. The molecular formula is C15H11ClN2OS. The van der Waals surface area contributed by atoms with Crippen LogP contribution in [0.25, 0.3) is 10.6 Å². The lowest BCUT2D eigenvalue weighted by molar-refractivity contribution is 0.643. The molecule has 0 aliphatic carbocycles. The first-order valence-electron chi connectivity index (χ1n) is 6.09. The minimum atomic E-state index is -0.134. The molecule has 0 radical (unpaired) electrons. The van der Waals surface area contributed by atoms with Gasteiger partial charge in [-0.2, -0.15) is 5.10 Å². The van der Waals surface area contributed by atoms with Crippen LogP contribution >= 0.6 is 22.9 Å². The summed E-state index contributed by atoms with van der Waals surface area (Å²) in [6.07, 6.45) is 0. The van der Waals surface area contributed by atoms with Crippen LogP contribution in [0.4, 0.5) is 0 Å². The Balaban J connectivity index is 2.00. The maximum atomic E-state index is 11.9. The van der Waals surface area contributed by atoms with Crippen LogP contribution in [0.1, 0.15) is 5.56 Å². The van der Waals surface area contributed by atoms with Gasteiger partial charge in [0.25, 0.3) is 5.56 Å². The zero-order valence-electron chi connectivity index (χ0n) is 10.5. The molecule has 1 aromatic carbocycles. The predicted molar refractivity (Wildman–Crippen MR) is 82.4 cm³/mol. The van der Waals surface area contributed by atoms with E-state index in [9.17, 15) is 4.79 Å². The van der Waals surface area contributed by atoms with E-state index in [2.05, 4.69) is 5.10 Å². The molecule has 0 saturated carbocycles. The van der Waals surface area contributed by atoms with Gasteiger partial charge >= 0.3 is 0 Å². The second-order valence-electron chi connectivity index (χ2n) is 4.28. The number of thiophene rings is 1. The monoisotopic (exact) mass is 302 g/mol. The molecule has 0 unspecified atom stereocenters. The minimum Gasteiger partial charge on any atom is -0.268 e. The summed E-state index contributed by atoms with van der Waals surface area (Å²) in [6, 6.07) is 14.7. The average molecular weight is 303 g/mol. The normalized spacial score (nSPS) is 10.7. The summed E-state index contributed by atoms with van der Waals surface area (Å²) < 4.78 is 1.44. The summed E-state index contributed by atoms with van der Waals surface area (Å²) in [5.74, 6) is 0. The fraction of sp³-hybridized carbons (Fsp3) is 0.0667. The Kier molecular flexibility index (Phi) is 3.67. The Morgan fingerprint density at radius 2 is 1.95 bits per heavy atom. The minimum absolute atomic E-state index is 0.134. The third-order valence-electron chi connectivity index (χ3n) is 2.92. The van der Waals surface area contributed by atoms with Gasteiger partial charge in [-0.1, -0.05) is 35.9 Å². The van der Waals surface area contributed by atoms with Gasteiger partial charge in [-0.3, -0.25) is 4.79 Å². The van der Waals surface area contributed by atoms with Crippen molar-refractivity contribution in [3.05, 3.63) is 74.9 Å². The first-order chi connectivity index (χ1) is 9.74. The van der Waals surface area contributed by atoms with E-state index in [1.54, 1.807) is 23.5 Å². The molecule has 3 rings (SSSR count). The largest absolute Gasteiger partial charge is 0.268 e. The fourth-order valence-electron chi connectivity index (χ4n) is 1.91. The number of hydrogen-bond donors (Lipinski definition) is 0. The standard InChI is InChI=1S/C15H11ClN2OS/c16-12-5-2-1-4-11(12)10-18-15(19)8-7-13(17-18)14-6-3-9-20-14/h1-9H,10H2. The molecule has 2 aromatic heterocycles. The van der Waals surface area contributed by atoms with Gasteiger partial charge in [0.05, 0.1) is 11.4 Å². The highest BCUT2D eigenvalue weighted by Crippen LogP contribution is 2.21. The van der Waals surface area contributed by atoms with Crippen molar-refractivity contribution in [2.45, 2.75) is 6.54 Å². The van der Waals surface area contributed by atoms with Gasteiger partial charge < -0.3 is 0 Å². The van der Waals surface area contributed by atoms with Crippen LogP contribution in [-0.2, 0) is 6.54 Å². The average Bonchev–Trinajstić information content (AvgIpc) is 2.98. The van der Waals surface area contributed by atoms with Crippen molar-refractivity contribution in [3.63, 3.8) is 0 Å². The first kappa shape index (κ1) is 13.1. The Labute approximate surface area is 125 Å². The van der Waals surface area contributed by atoms with Crippen molar-refractivity contribution in [3.8, 4) is 10.6 Å². The van der Waals surface area contributed by atoms with Crippen LogP contribution in [0.15, 0.2) is 58.7 Å². The van der Waals surface area contributed by atoms with E-state index in [4.69, 9.17) is 11.6 Å². The van der Waals surface area contributed by atoms with Gasteiger partial charge in [0.15, 0.2) is 0 Å². The van der Waals surface area contributed by atoms with Gasteiger partial charge in [0, 0.05) is 11.1 Å². The van der Waals surface area contributed by atoms with E-state index >= 15 is 0 Å². The Morgan fingerprint density at radius 1 is 1.10 bits per heavy atom. The second-order valence-corrected chi connectivity index (χ2v) is 5.64. The lowest BCUT2D eigenvalue weighted by Gasteiger charge is -2.07. The highest BCUT2D eigenvalue weighted by atomic mass is 35.5. The molecule has 0 fully saturated rings. The third kappa shape index (κ3) is 2.66. The molecule has 3 aromatic rings. The molecule has 20 heavy (non-hydrogen) atoms. The molecule has 0 aliphatic heterocycles. The number of hydrogen-bond acceptors (Lipinski definition) is 3. The van der Waals surface area contributed by atoms with Crippen molar-refractivity contribution >= 4 is 22.9 Å². The smallest absolute Gasteiger partial charge is 0.267 e. The summed E-state index contributed by atoms with van der Waals surface area (Å²) >= 11 is 7.72. The number of rotatable bonds is 3. The van der Waals surface area contributed by atoms with E-state index in [1.807, 2.05) is 41.8 Å². The zero-order chi connectivity index (χ0) is 13.9. The summed E-state index contributed by atoms with van der Waals surface area (Å²) in [7, 11) is 0. The van der Waals surface area contributed by atoms with Crippen molar-refractivity contribution in [1.82, 2.24) is 9.78 Å². The lowest BCUT2D eigenvalue weighted by Crippen LogP contribution is -2.22.